The molecular formula is C14H23N3OS. The first-order chi connectivity index (χ1) is 9.28. The maximum absolute atomic E-state index is 5.14. The van der Waals surface area contributed by atoms with E-state index in [2.05, 4.69) is 17.3 Å². The van der Waals surface area contributed by atoms with Crippen LogP contribution in [0.1, 0.15) is 42.2 Å². The Morgan fingerprint density at radius 2 is 2.16 bits per heavy atom. The van der Waals surface area contributed by atoms with Gasteiger partial charge in [0.25, 0.3) is 0 Å². The molecule has 0 spiro atoms. The number of anilines is 1. The predicted molar refractivity (Wildman–Crippen MR) is 79.1 cm³/mol. The van der Waals surface area contributed by atoms with Gasteiger partial charge in [0.05, 0.1) is 12.3 Å². The highest BCUT2D eigenvalue weighted by molar-refractivity contribution is 7.15. The first-order valence-electron chi connectivity index (χ1n) is 7.21. The van der Waals surface area contributed by atoms with Crippen molar-refractivity contribution in [1.29, 1.82) is 0 Å². The Kier molecular flexibility index (Phi) is 4.05. The summed E-state index contributed by atoms with van der Waals surface area (Å²) >= 11 is 1.85. The summed E-state index contributed by atoms with van der Waals surface area (Å²) in [7, 11) is 3.85. The van der Waals surface area contributed by atoms with Gasteiger partial charge in [-0.3, -0.25) is 0 Å². The van der Waals surface area contributed by atoms with E-state index in [-0.39, 0.29) is 0 Å². The van der Waals surface area contributed by atoms with E-state index in [1.54, 1.807) is 7.11 Å². The standard InChI is InChI=1S/C14H23N3OS/c1-17(7-8-18-2)14-16-13(10-3-4-10)12(19-14)9-15-11-5-6-11/h10-11,15H,3-9H2,1-2H3. The fourth-order valence-corrected chi connectivity index (χ4v) is 3.25. The lowest BCUT2D eigenvalue weighted by Crippen LogP contribution is -2.21. The van der Waals surface area contributed by atoms with Gasteiger partial charge in [0.2, 0.25) is 0 Å². The van der Waals surface area contributed by atoms with Gasteiger partial charge < -0.3 is 15.0 Å². The summed E-state index contributed by atoms with van der Waals surface area (Å²) in [5, 5.41) is 4.76. The Morgan fingerprint density at radius 1 is 1.37 bits per heavy atom. The highest BCUT2D eigenvalue weighted by Gasteiger charge is 2.31. The van der Waals surface area contributed by atoms with Crippen molar-refractivity contribution in [3.8, 4) is 0 Å². The van der Waals surface area contributed by atoms with Crippen LogP contribution in [0.2, 0.25) is 0 Å². The minimum atomic E-state index is 0.733. The molecule has 2 fully saturated rings. The first-order valence-corrected chi connectivity index (χ1v) is 8.02. The maximum Gasteiger partial charge on any atom is 0.185 e. The van der Waals surface area contributed by atoms with E-state index in [1.165, 1.54) is 36.3 Å². The van der Waals surface area contributed by atoms with E-state index in [0.29, 0.717) is 0 Å². The molecule has 1 heterocycles. The maximum atomic E-state index is 5.14. The normalized spacial score (nSPS) is 18.8. The number of rotatable bonds is 8. The number of ether oxygens (including phenoxy) is 1. The van der Waals surface area contributed by atoms with Crippen LogP contribution < -0.4 is 10.2 Å². The molecular weight excluding hydrogens is 258 g/mol. The van der Waals surface area contributed by atoms with Crippen LogP contribution in [0.4, 0.5) is 5.13 Å². The average Bonchev–Trinajstić information content (AvgIpc) is 3.33. The van der Waals surface area contributed by atoms with Gasteiger partial charge in [-0.1, -0.05) is 0 Å². The van der Waals surface area contributed by atoms with Crippen molar-refractivity contribution < 1.29 is 4.74 Å². The number of aromatic nitrogens is 1. The molecule has 106 valence electrons. The van der Waals surface area contributed by atoms with E-state index in [1.807, 2.05) is 11.3 Å². The molecule has 1 N–H and O–H groups in total. The third-order valence-corrected chi connectivity index (χ3v) is 4.95. The lowest BCUT2D eigenvalue weighted by molar-refractivity contribution is 0.206. The molecule has 0 aromatic carbocycles. The number of likely N-dealkylation sites (N-methyl/N-ethyl adjacent to an activating group) is 1. The van der Waals surface area contributed by atoms with E-state index in [4.69, 9.17) is 9.72 Å². The molecule has 0 radical (unpaired) electrons. The Labute approximate surface area is 119 Å². The number of thiazole rings is 1. The van der Waals surface area contributed by atoms with Crippen LogP contribution in [0.25, 0.3) is 0 Å². The van der Waals surface area contributed by atoms with Crippen LogP contribution in [-0.4, -0.2) is 38.3 Å². The second-order valence-corrected chi connectivity index (χ2v) is 6.71. The van der Waals surface area contributed by atoms with Gasteiger partial charge in [-0.2, -0.15) is 0 Å². The SMILES string of the molecule is COCCN(C)c1nc(C2CC2)c(CNC2CC2)s1. The Hall–Kier alpha value is -0.650. The molecule has 3 rings (SSSR count). The topological polar surface area (TPSA) is 37.4 Å². The summed E-state index contributed by atoms with van der Waals surface area (Å²) < 4.78 is 5.14. The van der Waals surface area contributed by atoms with Gasteiger partial charge in [-0.25, -0.2) is 4.98 Å². The molecule has 2 aliphatic rings. The summed E-state index contributed by atoms with van der Waals surface area (Å²) in [5.41, 5.74) is 1.36. The van der Waals surface area contributed by atoms with Gasteiger partial charge in [0.15, 0.2) is 5.13 Å². The molecule has 19 heavy (non-hydrogen) atoms. The van der Waals surface area contributed by atoms with Gasteiger partial charge in [-0.05, 0) is 25.7 Å². The highest BCUT2D eigenvalue weighted by atomic mass is 32.1. The predicted octanol–water partition coefficient (Wildman–Crippen LogP) is 2.36. The van der Waals surface area contributed by atoms with Crippen molar-refractivity contribution in [1.82, 2.24) is 10.3 Å². The smallest absolute Gasteiger partial charge is 0.185 e. The third kappa shape index (κ3) is 3.46. The summed E-state index contributed by atoms with van der Waals surface area (Å²) in [5.74, 6) is 0.733. The number of hydrogen-bond donors (Lipinski definition) is 1. The van der Waals surface area contributed by atoms with Crippen LogP contribution in [0.15, 0.2) is 0 Å². The van der Waals surface area contributed by atoms with Gasteiger partial charge in [0, 0.05) is 44.1 Å². The molecule has 0 unspecified atom stereocenters. The summed E-state index contributed by atoms with van der Waals surface area (Å²) in [4.78, 5) is 8.53. The molecule has 0 atom stereocenters. The first kappa shape index (κ1) is 13.3. The molecule has 4 nitrogen and oxygen atoms in total. The fourth-order valence-electron chi connectivity index (χ4n) is 2.16. The minimum absolute atomic E-state index is 0.733. The van der Waals surface area contributed by atoms with Crippen molar-refractivity contribution in [2.24, 2.45) is 0 Å². The molecule has 1 aromatic rings. The second kappa shape index (κ2) is 5.77. The van der Waals surface area contributed by atoms with Crippen molar-refractivity contribution in [3.05, 3.63) is 10.6 Å². The monoisotopic (exact) mass is 281 g/mol. The Balaban J connectivity index is 1.67. The summed E-state index contributed by atoms with van der Waals surface area (Å²) in [6, 6.07) is 0.767. The largest absolute Gasteiger partial charge is 0.383 e. The second-order valence-electron chi connectivity index (χ2n) is 5.65. The lowest BCUT2D eigenvalue weighted by atomic mass is 10.2. The molecule has 5 heteroatoms. The third-order valence-electron chi connectivity index (χ3n) is 3.77. The summed E-state index contributed by atoms with van der Waals surface area (Å²) in [6.07, 6.45) is 5.33. The van der Waals surface area contributed by atoms with Gasteiger partial charge in [-0.15, -0.1) is 11.3 Å². The number of nitrogens with one attached hydrogen (secondary N) is 1. The van der Waals surface area contributed by atoms with Crippen molar-refractivity contribution in [2.45, 2.75) is 44.2 Å². The van der Waals surface area contributed by atoms with E-state index < -0.39 is 0 Å². The van der Waals surface area contributed by atoms with Crippen LogP contribution >= 0.6 is 11.3 Å². The molecule has 2 saturated carbocycles. The van der Waals surface area contributed by atoms with E-state index >= 15 is 0 Å². The number of hydrogen-bond acceptors (Lipinski definition) is 5. The lowest BCUT2D eigenvalue weighted by Gasteiger charge is -2.14. The fraction of sp³-hybridized carbons (Fsp3) is 0.786. The zero-order valence-corrected chi connectivity index (χ0v) is 12.6. The van der Waals surface area contributed by atoms with Crippen LogP contribution in [0.3, 0.4) is 0 Å². The minimum Gasteiger partial charge on any atom is -0.383 e. The molecule has 1 aromatic heterocycles. The number of nitrogens with zero attached hydrogens (tertiary/aromatic N) is 2. The van der Waals surface area contributed by atoms with Crippen LogP contribution in [-0.2, 0) is 11.3 Å². The quantitative estimate of drug-likeness (QED) is 0.794. The molecule has 0 bridgehead atoms. The van der Waals surface area contributed by atoms with Gasteiger partial charge >= 0.3 is 0 Å². The highest BCUT2D eigenvalue weighted by Crippen LogP contribution is 2.44. The Bertz CT molecular complexity index is 426. The molecule has 2 aliphatic carbocycles. The molecule has 0 amide bonds. The van der Waals surface area contributed by atoms with E-state index in [0.717, 1.165) is 36.8 Å². The average molecular weight is 281 g/mol. The van der Waals surface area contributed by atoms with Crippen molar-refractivity contribution in [2.75, 3.05) is 32.2 Å². The molecule has 0 saturated heterocycles. The van der Waals surface area contributed by atoms with Crippen molar-refractivity contribution in [3.63, 3.8) is 0 Å². The van der Waals surface area contributed by atoms with Crippen LogP contribution in [0, 0.1) is 0 Å². The molecule has 0 aliphatic heterocycles. The summed E-state index contributed by atoms with van der Waals surface area (Å²) in [6.45, 7) is 2.67. The van der Waals surface area contributed by atoms with E-state index in [9.17, 15) is 0 Å². The van der Waals surface area contributed by atoms with Crippen LogP contribution in [0.5, 0.6) is 0 Å². The zero-order chi connectivity index (χ0) is 13.2. The number of methoxy groups -OCH3 is 1. The van der Waals surface area contributed by atoms with Gasteiger partial charge in [0.1, 0.15) is 0 Å². The zero-order valence-electron chi connectivity index (χ0n) is 11.8. The Morgan fingerprint density at radius 3 is 2.79 bits per heavy atom. The van der Waals surface area contributed by atoms with Crippen molar-refractivity contribution >= 4 is 16.5 Å².